The van der Waals surface area contributed by atoms with Crippen molar-refractivity contribution in [2.24, 2.45) is 5.10 Å². The Balaban J connectivity index is 1.51. The topological polar surface area (TPSA) is 85.1 Å². The van der Waals surface area contributed by atoms with Crippen LogP contribution in [0.25, 0.3) is 17.1 Å². The molecule has 0 saturated carbocycles. The fourth-order valence-corrected chi connectivity index (χ4v) is 3.79. The van der Waals surface area contributed by atoms with Crippen LogP contribution >= 0.6 is 11.8 Å². The molecule has 0 aliphatic rings. The molecule has 2 aromatic carbocycles. The average molecular weight is 443 g/mol. The van der Waals surface area contributed by atoms with Crippen LogP contribution in [-0.4, -0.2) is 37.6 Å². The average Bonchev–Trinajstić information content (AvgIpc) is 3.24. The summed E-state index contributed by atoms with van der Waals surface area (Å²) in [5.74, 6) is 0.631. The van der Waals surface area contributed by atoms with E-state index < -0.39 is 0 Å². The van der Waals surface area contributed by atoms with E-state index in [9.17, 15) is 4.79 Å². The quantitative estimate of drug-likeness (QED) is 0.264. The van der Waals surface area contributed by atoms with Gasteiger partial charge in [0.15, 0.2) is 11.0 Å². The smallest absolute Gasteiger partial charge is 0.250 e. The third-order valence-corrected chi connectivity index (χ3v) is 5.71. The van der Waals surface area contributed by atoms with Crippen molar-refractivity contribution in [3.63, 3.8) is 0 Å². The lowest BCUT2D eigenvalue weighted by atomic mass is 10.1. The highest BCUT2D eigenvalue weighted by molar-refractivity contribution is 7.99. The molecule has 2 heterocycles. The lowest BCUT2D eigenvalue weighted by molar-refractivity contribution is -0.118. The van der Waals surface area contributed by atoms with E-state index >= 15 is 0 Å². The highest BCUT2D eigenvalue weighted by atomic mass is 32.2. The molecular formula is C24H22N6OS. The van der Waals surface area contributed by atoms with Crippen LogP contribution in [0, 0.1) is 13.8 Å². The fraction of sp³-hybridized carbons (Fsp3) is 0.125. The summed E-state index contributed by atoms with van der Waals surface area (Å²) in [7, 11) is 0. The van der Waals surface area contributed by atoms with Gasteiger partial charge in [-0.1, -0.05) is 53.7 Å². The molecule has 8 heteroatoms. The second kappa shape index (κ2) is 10.0. The van der Waals surface area contributed by atoms with E-state index in [1.165, 1.54) is 11.8 Å². The maximum absolute atomic E-state index is 12.3. The van der Waals surface area contributed by atoms with E-state index in [1.807, 2.05) is 79.1 Å². The molecule has 0 bridgehead atoms. The highest BCUT2D eigenvalue weighted by Crippen LogP contribution is 2.27. The van der Waals surface area contributed by atoms with Gasteiger partial charge in [-0.25, -0.2) is 5.43 Å². The predicted octanol–water partition coefficient (Wildman–Crippen LogP) is 4.19. The number of aromatic nitrogens is 4. The second-order valence-electron chi connectivity index (χ2n) is 7.15. The number of nitrogens with one attached hydrogen (secondary N) is 1. The van der Waals surface area contributed by atoms with Gasteiger partial charge in [-0.2, -0.15) is 5.10 Å². The van der Waals surface area contributed by atoms with Crippen LogP contribution in [0.15, 0.2) is 83.3 Å². The minimum atomic E-state index is -0.219. The van der Waals surface area contributed by atoms with Crippen molar-refractivity contribution in [1.29, 1.82) is 0 Å². The summed E-state index contributed by atoms with van der Waals surface area (Å²) < 4.78 is 1.95. The molecule has 0 fully saturated rings. The summed E-state index contributed by atoms with van der Waals surface area (Å²) in [6.07, 6.45) is 5.08. The van der Waals surface area contributed by atoms with Crippen LogP contribution in [0.1, 0.15) is 16.7 Å². The number of hydrogen-bond acceptors (Lipinski definition) is 6. The van der Waals surface area contributed by atoms with Gasteiger partial charge in [0.25, 0.3) is 5.91 Å². The molecular weight excluding hydrogens is 420 g/mol. The summed E-state index contributed by atoms with van der Waals surface area (Å²) in [6.45, 7) is 4.04. The van der Waals surface area contributed by atoms with Gasteiger partial charge in [-0.3, -0.25) is 14.3 Å². The van der Waals surface area contributed by atoms with Crippen LogP contribution < -0.4 is 5.43 Å². The molecule has 4 rings (SSSR count). The van der Waals surface area contributed by atoms with Gasteiger partial charge in [-0.05, 0) is 49.2 Å². The molecule has 0 aliphatic carbocycles. The van der Waals surface area contributed by atoms with Crippen LogP contribution in [0.5, 0.6) is 0 Å². The van der Waals surface area contributed by atoms with Gasteiger partial charge in [0, 0.05) is 23.6 Å². The Kier molecular flexibility index (Phi) is 6.72. The van der Waals surface area contributed by atoms with Crippen molar-refractivity contribution in [1.82, 2.24) is 25.2 Å². The number of thioether (sulfide) groups is 1. The molecule has 1 amide bonds. The number of amides is 1. The molecule has 160 valence electrons. The zero-order chi connectivity index (χ0) is 22.3. The zero-order valence-electron chi connectivity index (χ0n) is 17.8. The lowest BCUT2D eigenvalue weighted by Gasteiger charge is -2.10. The molecule has 0 unspecified atom stereocenters. The van der Waals surface area contributed by atoms with E-state index in [0.29, 0.717) is 11.0 Å². The van der Waals surface area contributed by atoms with Crippen molar-refractivity contribution in [2.75, 3.05) is 5.75 Å². The summed E-state index contributed by atoms with van der Waals surface area (Å²) in [6, 6.07) is 19.7. The van der Waals surface area contributed by atoms with Crippen molar-refractivity contribution in [3.05, 3.63) is 89.7 Å². The fourth-order valence-electron chi connectivity index (χ4n) is 3.05. The van der Waals surface area contributed by atoms with Crippen molar-refractivity contribution in [3.8, 4) is 17.1 Å². The maximum atomic E-state index is 12.3. The summed E-state index contributed by atoms with van der Waals surface area (Å²) in [5.41, 5.74) is 7.61. The van der Waals surface area contributed by atoms with Gasteiger partial charge >= 0.3 is 0 Å². The molecule has 0 radical (unpaired) electrons. The first-order valence-corrected chi connectivity index (χ1v) is 11.0. The van der Waals surface area contributed by atoms with Crippen LogP contribution in [-0.2, 0) is 4.79 Å². The second-order valence-corrected chi connectivity index (χ2v) is 8.09. The van der Waals surface area contributed by atoms with Gasteiger partial charge in [-0.15, -0.1) is 10.2 Å². The maximum Gasteiger partial charge on any atom is 0.250 e. The number of rotatable bonds is 7. The monoisotopic (exact) mass is 442 g/mol. The minimum absolute atomic E-state index is 0.158. The van der Waals surface area contributed by atoms with Crippen molar-refractivity contribution < 1.29 is 4.79 Å². The standard InChI is InChI=1S/C24H22N6OS/c1-17-7-9-21(10-8-17)30-23(19-11-13-25-14-12-19)28-29-24(30)32-16-22(31)27-26-15-20-6-4-3-5-18(20)2/h3-15H,16H2,1-2H3,(H,27,31)/b26-15-. The summed E-state index contributed by atoms with van der Waals surface area (Å²) in [5, 5.41) is 13.4. The molecule has 4 aromatic rings. The van der Waals surface area contributed by atoms with Crippen molar-refractivity contribution in [2.45, 2.75) is 19.0 Å². The Labute approximate surface area is 190 Å². The number of pyridine rings is 1. The summed E-state index contributed by atoms with van der Waals surface area (Å²) >= 11 is 1.31. The third kappa shape index (κ3) is 5.09. The number of aryl methyl sites for hydroxylation is 2. The molecule has 32 heavy (non-hydrogen) atoms. The number of hydrogen-bond donors (Lipinski definition) is 1. The first kappa shape index (κ1) is 21.5. The third-order valence-electron chi connectivity index (χ3n) is 4.78. The minimum Gasteiger partial charge on any atom is -0.272 e. The zero-order valence-corrected chi connectivity index (χ0v) is 18.6. The molecule has 0 saturated heterocycles. The molecule has 0 aliphatic heterocycles. The van der Waals surface area contributed by atoms with Crippen LogP contribution in [0.3, 0.4) is 0 Å². The number of carbonyl (C=O) groups excluding carboxylic acids is 1. The highest BCUT2D eigenvalue weighted by Gasteiger charge is 2.17. The number of hydrazone groups is 1. The molecule has 0 atom stereocenters. The number of carbonyl (C=O) groups is 1. The van der Waals surface area contributed by atoms with Gasteiger partial charge in [0.1, 0.15) is 0 Å². The lowest BCUT2D eigenvalue weighted by Crippen LogP contribution is -2.20. The Morgan fingerprint density at radius 2 is 1.78 bits per heavy atom. The van der Waals surface area contributed by atoms with E-state index in [-0.39, 0.29) is 11.7 Å². The Bertz CT molecular complexity index is 1240. The van der Waals surface area contributed by atoms with Gasteiger partial charge < -0.3 is 0 Å². The van der Waals surface area contributed by atoms with E-state index in [4.69, 9.17) is 0 Å². The normalized spacial score (nSPS) is 11.1. The molecule has 2 aromatic heterocycles. The predicted molar refractivity (Wildman–Crippen MR) is 127 cm³/mol. The first-order valence-electron chi connectivity index (χ1n) is 10.0. The Morgan fingerprint density at radius 1 is 1.03 bits per heavy atom. The number of nitrogens with zero attached hydrogens (tertiary/aromatic N) is 5. The molecule has 0 spiro atoms. The molecule has 7 nitrogen and oxygen atoms in total. The van der Waals surface area contributed by atoms with Crippen LogP contribution in [0.2, 0.25) is 0 Å². The van der Waals surface area contributed by atoms with Gasteiger partial charge in [0.05, 0.1) is 12.0 Å². The van der Waals surface area contributed by atoms with E-state index in [1.54, 1.807) is 18.6 Å². The number of benzene rings is 2. The van der Waals surface area contributed by atoms with E-state index in [2.05, 4.69) is 25.7 Å². The first-order chi connectivity index (χ1) is 15.6. The SMILES string of the molecule is Cc1ccc(-n2c(SCC(=O)N/N=C\c3ccccc3C)nnc2-c2ccncc2)cc1. The Morgan fingerprint density at radius 3 is 2.53 bits per heavy atom. The molecule has 1 N–H and O–H groups in total. The van der Waals surface area contributed by atoms with E-state index in [0.717, 1.165) is 27.9 Å². The van der Waals surface area contributed by atoms with Crippen molar-refractivity contribution >= 4 is 23.9 Å². The largest absolute Gasteiger partial charge is 0.272 e. The van der Waals surface area contributed by atoms with Gasteiger partial charge in [0.2, 0.25) is 0 Å². The van der Waals surface area contributed by atoms with Crippen LogP contribution in [0.4, 0.5) is 0 Å². The Hall–Kier alpha value is -3.78. The summed E-state index contributed by atoms with van der Waals surface area (Å²) in [4.78, 5) is 16.4.